The Hall–Kier alpha value is -1.40. The van der Waals surface area contributed by atoms with Gasteiger partial charge in [0.1, 0.15) is 0 Å². The van der Waals surface area contributed by atoms with Crippen LogP contribution in [0.3, 0.4) is 0 Å². The summed E-state index contributed by atoms with van der Waals surface area (Å²) in [6, 6.07) is 3.30. The Morgan fingerprint density at radius 2 is 1.54 bits per heavy atom. The van der Waals surface area contributed by atoms with Crippen molar-refractivity contribution in [1.82, 2.24) is 9.62 Å². The molecule has 0 heterocycles. The molecule has 1 aromatic carbocycles. The molecular weight excluding hydrogens is 348 g/mol. The van der Waals surface area contributed by atoms with Crippen molar-refractivity contribution >= 4 is 15.9 Å². The molecule has 0 unspecified atom stereocenters. The van der Waals surface area contributed by atoms with E-state index in [-0.39, 0.29) is 10.8 Å². The van der Waals surface area contributed by atoms with Gasteiger partial charge in [-0.05, 0) is 68.8 Å². The third kappa shape index (κ3) is 6.09. The summed E-state index contributed by atoms with van der Waals surface area (Å²) < 4.78 is 27.0. The lowest BCUT2D eigenvalue weighted by molar-refractivity contribution is 0.0740. The van der Waals surface area contributed by atoms with E-state index in [0.717, 1.165) is 18.4 Å². The van der Waals surface area contributed by atoms with Crippen LogP contribution in [0.1, 0.15) is 62.0 Å². The summed E-state index contributed by atoms with van der Waals surface area (Å²) in [7, 11) is -2.22. The molecule has 0 aliphatic rings. The van der Waals surface area contributed by atoms with Gasteiger partial charge in [0.2, 0.25) is 10.0 Å². The molecule has 0 bridgehead atoms. The van der Waals surface area contributed by atoms with E-state index >= 15 is 0 Å². The quantitative estimate of drug-likeness (QED) is 0.707. The SMILES string of the molecule is CNS(=O)(=O)c1cc(C(=O)N(CCC(C)C)CCC(C)C)cc(C)c1C. The van der Waals surface area contributed by atoms with Gasteiger partial charge in [-0.1, -0.05) is 27.7 Å². The molecule has 0 atom stereocenters. The Bertz CT molecular complexity index is 713. The number of hydrogen-bond acceptors (Lipinski definition) is 3. The summed E-state index contributed by atoms with van der Waals surface area (Å²) in [4.78, 5) is 15.1. The lowest BCUT2D eigenvalue weighted by atomic mass is 10.0. The topological polar surface area (TPSA) is 66.5 Å². The fourth-order valence-electron chi connectivity index (χ4n) is 2.67. The van der Waals surface area contributed by atoms with Crippen LogP contribution in [-0.2, 0) is 10.0 Å². The molecule has 0 spiro atoms. The lowest BCUT2D eigenvalue weighted by Gasteiger charge is -2.25. The number of benzene rings is 1. The smallest absolute Gasteiger partial charge is 0.253 e. The third-order valence-electron chi connectivity index (χ3n) is 4.66. The maximum atomic E-state index is 13.1. The normalized spacial score (nSPS) is 12.0. The predicted octanol–water partition coefficient (Wildman–Crippen LogP) is 3.75. The van der Waals surface area contributed by atoms with E-state index in [1.165, 1.54) is 13.1 Å². The van der Waals surface area contributed by atoms with Gasteiger partial charge >= 0.3 is 0 Å². The van der Waals surface area contributed by atoms with Crippen molar-refractivity contribution in [1.29, 1.82) is 0 Å². The van der Waals surface area contributed by atoms with Crippen molar-refractivity contribution in [3.05, 3.63) is 28.8 Å². The molecule has 148 valence electrons. The standard InChI is InChI=1S/C20H34N2O3S/c1-14(2)8-10-22(11-9-15(3)4)20(23)18-12-16(5)17(6)19(13-18)26(24,25)21-7/h12-15,21H,8-11H2,1-7H3. The van der Waals surface area contributed by atoms with Crippen molar-refractivity contribution in [2.45, 2.75) is 59.3 Å². The Morgan fingerprint density at radius 3 is 1.96 bits per heavy atom. The highest BCUT2D eigenvalue weighted by Gasteiger charge is 2.22. The van der Waals surface area contributed by atoms with Crippen LogP contribution in [0.5, 0.6) is 0 Å². The van der Waals surface area contributed by atoms with Gasteiger partial charge in [-0.25, -0.2) is 13.1 Å². The summed E-state index contributed by atoms with van der Waals surface area (Å²) in [6.45, 7) is 13.5. The third-order valence-corrected chi connectivity index (χ3v) is 6.21. The van der Waals surface area contributed by atoms with Crippen LogP contribution < -0.4 is 4.72 Å². The molecule has 1 rings (SSSR count). The molecule has 6 heteroatoms. The molecule has 0 aromatic heterocycles. The predicted molar refractivity (Wildman–Crippen MR) is 107 cm³/mol. The Morgan fingerprint density at radius 1 is 1.04 bits per heavy atom. The number of rotatable bonds is 9. The van der Waals surface area contributed by atoms with Gasteiger partial charge < -0.3 is 4.90 Å². The number of nitrogens with zero attached hydrogens (tertiary/aromatic N) is 1. The van der Waals surface area contributed by atoms with Gasteiger partial charge in [0.15, 0.2) is 0 Å². The summed E-state index contributed by atoms with van der Waals surface area (Å²) in [5, 5.41) is 0. The summed E-state index contributed by atoms with van der Waals surface area (Å²) >= 11 is 0. The molecule has 0 saturated carbocycles. The first-order chi connectivity index (χ1) is 12.0. The van der Waals surface area contributed by atoms with Crippen molar-refractivity contribution < 1.29 is 13.2 Å². The van der Waals surface area contributed by atoms with Crippen LogP contribution in [0.2, 0.25) is 0 Å². The van der Waals surface area contributed by atoms with Crippen LogP contribution in [-0.4, -0.2) is 39.4 Å². The molecule has 26 heavy (non-hydrogen) atoms. The summed E-state index contributed by atoms with van der Waals surface area (Å²) in [6.07, 6.45) is 1.85. The minimum absolute atomic E-state index is 0.0954. The number of amides is 1. The molecule has 1 amide bonds. The minimum atomic E-state index is -3.61. The molecule has 0 fully saturated rings. The van der Waals surface area contributed by atoms with Gasteiger partial charge in [0, 0.05) is 18.7 Å². The average Bonchev–Trinajstić information content (AvgIpc) is 2.56. The number of aryl methyl sites for hydroxylation is 1. The zero-order chi connectivity index (χ0) is 20.1. The van der Waals surface area contributed by atoms with Crippen LogP contribution in [0.4, 0.5) is 0 Å². The largest absolute Gasteiger partial charge is 0.339 e. The molecule has 5 nitrogen and oxygen atoms in total. The maximum Gasteiger partial charge on any atom is 0.253 e. The zero-order valence-electron chi connectivity index (χ0n) is 17.2. The maximum absolute atomic E-state index is 13.1. The average molecular weight is 383 g/mol. The van der Waals surface area contributed by atoms with E-state index in [1.54, 1.807) is 13.0 Å². The lowest BCUT2D eigenvalue weighted by Crippen LogP contribution is -2.34. The first kappa shape index (κ1) is 22.6. The van der Waals surface area contributed by atoms with E-state index < -0.39 is 10.0 Å². The van der Waals surface area contributed by atoms with E-state index in [4.69, 9.17) is 0 Å². The summed E-state index contributed by atoms with van der Waals surface area (Å²) in [5.41, 5.74) is 1.92. The zero-order valence-corrected chi connectivity index (χ0v) is 18.0. The van der Waals surface area contributed by atoms with Crippen molar-refractivity contribution in [3.8, 4) is 0 Å². The summed E-state index contributed by atoms with van der Waals surface area (Å²) in [5.74, 6) is 0.913. The molecule has 1 N–H and O–H groups in total. The monoisotopic (exact) mass is 382 g/mol. The van der Waals surface area contributed by atoms with Gasteiger partial charge in [-0.3, -0.25) is 4.79 Å². The second kappa shape index (κ2) is 9.51. The molecule has 0 radical (unpaired) electrons. The highest BCUT2D eigenvalue weighted by molar-refractivity contribution is 7.89. The number of carbonyl (C=O) groups is 1. The van der Waals surface area contributed by atoms with Crippen molar-refractivity contribution in [2.75, 3.05) is 20.1 Å². The highest BCUT2D eigenvalue weighted by atomic mass is 32.2. The minimum Gasteiger partial charge on any atom is -0.339 e. The second-order valence-corrected chi connectivity index (χ2v) is 9.64. The molecule has 0 aliphatic heterocycles. The Labute approximate surface area is 159 Å². The molecule has 1 aromatic rings. The van der Waals surface area contributed by atoms with Crippen molar-refractivity contribution in [2.24, 2.45) is 11.8 Å². The Kier molecular flexibility index (Phi) is 8.28. The first-order valence-corrected chi connectivity index (χ1v) is 10.8. The van der Waals surface area contributed by atoms with Gasteiger partial charge in [-0.2, -0.15) is 0 Å². The first-order valence-electron chi connectivity index (χ1n) is 9.33. The van der Waals surface area contributed by atoms with Gasteiger partial charge in [0.25, 0.3) is 5.91 Å². The highest BCUT2D eigenvalue weighted by Crippen LogP contribution is 2.22. The second-order valence-electron chi connectivity index (χ2n) is 7.78. The molecule has 0 saturated heterocycles. The van der Waals surface area contributed by atoms with E-state index in [2.05, 4.69) is 32.4 Å². The van der Waals surface area contributed by atoms with Gasteiger partial charge in [0.05, 0.1) is 4.90 Å². The van der Waals surface area contributed by atoms with Crippen LogP contribution in [0.25, 0.3) is 0 Å². The van der Waals surface area contributed by atoms with Crippen molar-refractivity contribution in [3.63, 3.8) is 0 Å². The number of carbonyl (C=O) groups excluding carboxylic acids is 1. The van der Waals surface area contributed by atoms with E-state index in [9.17, 15) is 13.2 Å². The van der Waals surface area contributed by atoms with Gasteiger partial charge in [-0.15, -0.1) is 0 Å². The van der Waals surface area contributed by atoms with E-state index in [0.29, 0.717) is 36.1 Å². The fourth-order valence-corrected chi connectivity index (χ4v) is 3.73. The number of hydrogen-bond donors (Lipinski definition) is 1. The van der Waals surface area contributed by atoms with E-state index in [1.807, 2.05) is 11.8 Å². The molecular formula is C20H34N2O3S. The van der Waals surface area contributed by atoms with Crippen LogP contribution in [0, 0.1) is 25.7 Å². The molecule has 0 aliphatic carbocycles. The van der Waals surface area contributed by atoms with Crippen LogP contribution >= 0.6 is 0 Å². The number of sulfonamides is 1. The number of nitrogens with one attached hydrogen (secondary N) is 1. The fraction of sp³-hybridized carbons (Fsp3) is 0.650. The van der Waals surface area contributed by atoms with Crippen LogP contribution in [0.15, 0.2) is 17.0 Å². The Balaban J connectivity index is 3.25.